The van der Waals surface area contributed by atoms with Gasteiger partial charge >= 0.3 is 5.97 Å². The van der Waals surface area contributed by atoms with Crippen LogP contribution in [0, 0.1) is 0 Å². The standard InChI is InChI=1S/C18H21BrN2O3/c1-3-4-8-20-9-7-13-14-10-12(19)5-6-15(14)21(11-16(22)24-2)17(13)18(20)23/h5-6,10H,3-4,7-9,11H2,1-2H3. The van der Waals surface area contributed by atoms with Crippen LogP contribution in [0.15, 0.2) is 22.7 Å². The molecule has 1 aromatic carbocycles. The topological polar surface area (TPSA) is 51.5 Å². The van der Waals surface area contributed by atoms with E-state index in [2.05, 4.69) is 22.9 Å². The Hall–Kier alpha value is -1.82. The third kappa shape index (κ3) is 2.95. The second-order valence-corrected chi connectivity index (χ2v) is 6.96. The van der Waals surface area contributed by atoms with E-state index in [-0.39, 0.29) is 18.4 Å². The van der Waals surface area contributed by atoms with Crippen LogP contribution in [0.4, 0.5) is 0 Å². The van der Waals surface area contributed by atoms with Crippen LogP contribution in [-0.2, 0) is 22.5 Å². The number of aromatic nitrogens is 1. The van der Waals surface area contributed by atoms with E-state index in [0.29, 0.717) is 5.69 Å². The maximum absolute atomic E-state index is 13.0. The predicted molar refractivity (Wildman–Crippen MR) is 96.2 cm³/mol. The van der Waals surface area contributed by atoms with Crippen molar-refractivity contribution in [1.29, 1.82) is 0 Å². The highest BCUT2D eigenvalue weighted by molar-refractivity contribution is 9.10. The van der Waals surface area contributed by atoms with Crippen LogP contribution in [-0.4, -0.2) is 41.5 Å². The molecule has 0 N–H and O–H groups in total. The van der Waals surface area contributed by atoms with Gasteiger partial charge in [0.05, 0.1) is 7.11 Å². The number of esters is 1. The molecular formula is C18H21BrN2O3. The van der Waals surface area contributed by atoms with Crippen molar-refractivity contribution in [2.45, 2.75) is 32.7 Å². The van der Waals surface area contributed by atoms with Crippen molar-refractivity contribution in [3.63, 3.8) is 0 Å². The van der Waals surface area contributed by atoms with Gasteiger partial charge in [0, 0.05) is 28.5 Å². The fourth-order valence-electron chi connectivity index (χ4n) is 3.31. The van der Waals surface area contributed by atoms with Crippen molar-refractivity contribution >= 4 is 38.7 Å². The van der Waals surface area contributed by atoms with Crippen molar-refractivity contribution in [1.82, 2.24) is 9.47 Å². The summed E-state index contributed by atoms with van der Waals surface area (Å²) in [6.07, 6.45) is 2.85. The number of hydrogen-bond donors (Lipinski definition) is 0. The minimum atomic E-state index is -0.351. The summed E-state index contributed by atoms with van der Waals surface area (Å²) in [6, 6.07) is 5.90. The molecule has 2 aromatic rings. The first-order chi connectivity index (χ1) is 11.6. The smallest absolute Gasteiger partial charge is 0.325 e. The number of carbonyl (C=O) groups is 2. The van der Waals surface area contributed by atoms with E-state index in [1.165, 1.54) is 7.11 Å². The molecule has 0 aliphatic carbocycles. The van der Waals surface area contributed by atoms with Gasteiger partial charge in [-0.25, -0.2) is 0 Å². The lowest BCUT2D eigenvalue weighted by atomic mass is 10.0. The van der Waals surface area contributed by atoms with E-state index in [0.717, 1.165) is 53.3 Å². The summed E-state index contributed by atoms with van der Waals surface area (Å²) in [7, 11) is 1.37. The number of carbonyl (C=O) groups excluding carboxylic acids is 2. The Balaban J connectivity index is 2.12. The van der Waals surface area contributed by atoms with E-state index in [9.17, 15) is 9.59 Å². The summed E-state index contributed by atoms with van der Waals surface area (Å²) in [5.74, 6) is -0.336. The molecule has 0 saturated heterocycles. The van der Waals surface area contributed by atoms with Gasteiger partial charge in [0.2, 0.25) is 0 Å². The number of ether oxygens (including phenoxy) is 1. The van der Waals surface area contributed by atoms with Crippen molar-refractivity contribution in [2.75, 3.05) is 20.2 Å². The number of halogens is 1. The Morgan fingerprint density at radius 2 is 2.17 bits per heavy atom. The number of methoxy groups -OCH3 is 1. The molecule has 0 unspecified atom stereocenters. The summed E-state index contributed by atoms with van der Waals surface area (Å²) >= 11 is 3.50. The number of benzene rings is 1. The fourth-order valence-corrected chi connectivity index (χ4v) is 3.67. The molecule has 0 spiro atoms. The zero-order valence-electron chi connectivity index (χ0n) is 14.0. The van der Waals surface area contributed by atoms with Gasteiger partial charge in [-0.3, -0.25) is 9.59 Å². The van der Waals surface area contributed by atoms with Crippen molar-refractivity contribution in [2.24, 2.45) is 0 Å². The minimum Gasteiger partial charge on any atom is -0.468 e. The number of unbranched alkanes of at least 4 members (excludes halogenated alkanes) is 1. The highest BCUT2D eigenvalue weighted by atomic mass is 79.9. The maximum atomic E-state index is 13.0. The summed E-state index contributed by atoms with van der Waals surface area (Å²) in [6.45, 7) is 3.66. The van der Waals surface area contributed by atoms with E-state index in [4.69, 9.17) is 4.74 Å². The Morgan fingerprint density at radius 1 is 1.38 bits per heavy atom. The molecule has 0 atom stereocenters. The average molecular weight is 393 g/mol. The molecule has 6 heteroatoms. The molecule has 128 valence electrons. The van der Waals surface area contributed by atoms with E-state index in [1.54, 1.807) is 0 Å². The van der Waals surface area contributed by atoms with Gasteiger partial charge in [-0.2, -0.15) is 0 Å². The molecule has 0 bridgehead atoms. The first-order valence-electron chi connectivity index (χ1n) is 8.23. The third-order valence-electron chi connectivity index (χ3n) is 4.55. The molecule has 0 saturated carbocycles. The number of rotatable bonds is 5. The highest BCUT2D eigenvalue weighted by Gasteiger charge is 2.31. The van der Waals surface area contributed by atoms with Crippen LogP contribution >= 0.6 is 15.9 Å². The molecule has 1 amide bonds. The van der Waals surface area contributed by atoms with E-state index < -0.39 is 0 Å². The maximum Gasteiger partial charge on any atom is 0.325 e. The number of amides is 1. The Bertz CT molecular complexity index is 797. The summed E-state index contributed by atoms with van der Waals surface area (Å²) in [5, 5.41) is 1.03. The highest BCUT2D eigenvalue weighted by Crippen LogP contribution is 2.33. The van der Waals surface area contributed by atoms with Gasteiger partial charge in [0.25, 0.3) is 5.91 Å². The third-order valence-corrected chi connectivity index (χ3v) is 5.04. The molecule has 0 radical (unpaired) electrons. The van der Waals surface area contributed by atoms with E-state index >= 15 is 0 Å². The molecule has 0 fully saturated rings. The van der Waals surface area contributed by atoms with Crippen LogP contribution in [0.1, 0.15) is 35.8 Å². The van der Waals surface area contributed by atoms with Gasteiger partial charge in [-0.15, -0.1) is 0 Å². The molecule has 5 nitrogen and oxygen atoms in total. The Kier molecular flexibility index (Phi) is 4.94. The number of hydrogen-bond acceptors (Lipinski definition) is 3. The van der Waals surface area contributed by atoms with Gasteiger partial charge in [0.1, 0.15) is 12.2 Å². The molecule has 1 aliphatic rings. The lowest BCUT2D eigenvalue weighted by Gasteiger charge is -2.28. The van der Waals surface area contributed by atoms with E-state index in [1.807, 2.05) is 27.7 Å². The largest absolute Gasteiger partial charge is 0.468 e. The molecule has 24 heavy (non-hydrogen) atoms. The SMILES string of the molecule is CCCCN1CCc2c(n(CC(=O)OC)c3ccc(Br)cc23)C1=O. The molecule has 3 rings (SSSR count). The second kappa shape index (κ2) is 6.97. The molecular weight excluding hydrogens is 372 g/mol. The molecule has 2 heterocycles. The van der Waals surface area contributed by atoms with Gasteiger partial charge in [-0.1, -0.05) is 29.3 Å². The van der Waals surface area contributed by atoms with Crippen LogP contribution in [0.5, 0.6) is 0 Å². The van der Waals surface area contributed by atoms with Crippen LogP contribution in [0.25, 0.3) is 10.9 Å². The molecule has 1 aromatic heterocycles. The number of fused-ring (bicyclic) bond motifs is 3. The predicted octanol–water partition coefficient (Wildman–Crippen LogP) is 3.38. The quantitative estimate of drug-likeness (QED) is 0.732. The lowest BCUT2D eigenvalue weighted by molar-refractivity contribution is -0.141. The second-order valence-electron chi connectivity index (χ2n) is 6.05. The van der Waals surface area contributed by atoms with Crippen molar-refractivity contribution in [3.8, 4) is 0 Å². The van der Waals surface area contributed by atoms with Crippen LogP contribution < -0.4 is 0 Å². The monoisotopic (exact) mass is 392 g/mol. The van der Waals surface area contributed by atoms with Crippen molar-refractivity contribution < 1.29 is 14.3 Å². The fraction of sp³-hybridized carbons (Fsp3) is 0.444. The first kappa shape index (κ1) is 17.0. The first-order valence-corrected chi connectivity index (χ1v) is 9.02. The zero-order valence-corrected chi connectivity index (χ0v) is 15.6. The lowest BCUT2D eigenvalue weighted by Crippen LogP contribution is -2.39. The van der Waals surface area contributed by atoms with Gasteiger partial charge in [-0.05, 0) is 36.6 Å². The van der Waals surface area contributed by atoms with Gasteiger partial charge < -0.3 is 14.2 Å². The van der Waals surface area contributed by atoms with Crippen LogP contribution in [0.2, 0.25) is 0 Å². The minimum absolute atomic E-state index is 0.0147. The number of nitrogens with zero attached hydrogens (tertiary/aromatic N) is 2. The summed E-state index contributed by atoms with van der Waals surface area (Å²) in [5.41, 5.74) is 2.57. The normalized spacial score (nSPS) is 14.1. The summed E-state index contributed by atoms with van der Waals surface area (Å²) < 4.78 is 7.60. The average Bonchev–Trinajstić information content (AvgIpc) is 2.88. The van der Waals surface area contributed by atoms with Crippen LogP contribution in [0.3, 0.4) is 0 Å². The Morgan fingerprint density at radius 3 is 2.88 bits per heavy atom. The Labute approximate surface area is 149 Å². The van der Waals surface area contributed by atoms with Crippen molar-refractivity contribution in [3.05, 3.63) is 33.9 Å². The van der Waals surface area contributed by atoms with Gasteiger partial charge in [0.15, 0.2) is 0 Å². The molecule has 1 aliphatic heterocycles. The zero-order chi connectivity index (χ0) is 17.3. The summed E-state index contributed by atoms with van der Waals surface area (Å²) in [4.78, 5) is 26.8.